The molecule has 7 heteroatoms. The lowest BCUT2D eigenvalue weighted by Gasteiger charge is -2.20. The number of hydrogen-bond donors (Lipinski definition) is 1. The van der Waals surface area contributed by atoms with Crippen LogP contribution in [-0.4, -0.2) is 35.4 Å². The molecule has 21 heavy (non-hydrogen) atoms. The molecule has 0 bridgehead atoms. The number of carbonyl (C=O) groups is 1. The van der Waals surface area contributed by atoms with Crippen LogP contribution in [0.15, 0.2) is 18.2 Å². The lowest BCUT2D eigenvalue weighted by Crippen LogP contribution is -2.33. The summed E-state index contributed by atoms with van der Waals surface area (Å²) in [4.78, 5) is 24.0. The molecule has 1 saturated heterocycles. The monoisotopic (exact) mass is 311 g/mol. The van der Waals surface area contributed by atoms with Crippen LogP contribution in [0.5, 0.6) is 0 Å². The van der Waals surface area contributed by atoms with E-state index in [9.17, 15) is 14.9 Å². The van der Waals surface area contributed by atoms with Crippen LogP contribution in [0.2, 0.25) is 5.02 Å². The van der Waals surface area contributed by atoms with E-state index in [1.165, 1.54) is 18.2 Å². The molecule has 1 heterocycles. The van der Waals surface area contributed by atoms with Crippen molar-refractivity contribution in [2.75, 3.05) is 13.6 Å². The average molecular weight is 312 g/mol. The van der Waals surface area contributed by atoms with Gasteiger partial charge in [0.2, 0.25) is 5.91 Å². The average Bonchev–Trinajstić information content (AvgIpc) is 2.93. The minimum absolute atomic E-state index is 0.0111. The van der Waals surface area contributed by atoms with E-state index in [4.69, 9.17) is 11.6 Å². The van der Waals surface area contributed by atoms with E-state index in [1.54, 1.807) is 11.9 Å². The van der Waals surface area contributed by atoms with E-state index >= 15 is 0 Å². The number of halogens is 1. The molecule has 0 saturated carbocycles. The van der Waals surface area contributed by atoms with Gasteiger partial charge in [-0.3, -0.25) is 14.9 Å². The molecule has 0 spiro atoms. The number of hydrogen-bond acceptors (Lipinski definition) is 4. The third-order valence-corrected chi connectivity index (χ3v) is 4.03. The summed E-state index contributed by atoms with van der Waals surface area (Å²) >= 11 is 6.05. The number of benzene rings is 1. The van der Waals surface area contributed by atoms with E-state index in [1.807, 2.05) is 0 Å². The first kappa shape index (κ1) is 15.7. The largest absolute Gasteiger partial charge is 0.341 e. The second kappa shape index (κ2) is 6.87. The Hall–Kier alpha value is -1.66. The Morgan fingerprint density at radius 1 is 1.57 bits per heavy atom. The number of nitrogens with one attached hydrogen (secondary N) is 1. The highest BCUT2D eigenvalue weighted by atomic mass is 35.5. The normalized spacial score (nSPS) is 17.7. The molecule has 0 radical (unpaired) electrons. The lowest BCUT2D eigenvalue weighted by atomic mass is 10.1. The van der Waals surface area contributed by atoms with Gasteiger partial charge in [-0.25, -0.2) is 0 Å². The highest BCUT2D eigenvalue weighted by molar-refractivity contribution is 6.31. The van der Waals surface area contributed by atoms with Crippen molar-refractivity contribution in [3.8, 4) is 0 Å². The second-order valence-electron chi connectivity index (χ2n) is 5.28. The molecule has 1 aliphatic rings. The van der Waals surface area contributed by atoms with Gasteiger partial charge in [-0.15, -0.1) is 0 Å². The van der Waals surface area contributed by atoms with Gasteiger partial charge in [0.15, 0.2) is 0 Å². The molecule has 2 rings (SSSR count). The molecular formula is C14H18ClN3O3. The highest BCUT2D eigenvalue weighted by Crippen LogP contribution is 2.23. The van der Waals surface area contributed by atoms with Crippen LogP contribution in [0.3, 0.4) is 0 Å². The maximum Gasteiger partial charge on any atom is 0.269 e. The van der Waals surface area contributed by atoms with Gasteiger partial charge in [0, 0.05) is 43.2 Å². The molecule has 1 aromatic rings. The van der Waals surface area contributed by atoms with Crippen molar-refractivity contribution >= 4 is 23.2 Å². The standard InChI is InChI=1S/C14H18ClN3O3/c1-17(14(19)8-11-3-2-6-16-11)9-10-7-12(18(20)21)4-5-13(10)15/h4-5,7,11,16H,2-3,6,8-9H2,1H3. The van der Waals surface area contributed by atoms with E-state index in [-0.39, 0.29) is 24.2 Å². The summed E-state index contributed by atoms with van der Waals surface area (Å²) in [6.07, 6.45) is 2.55. The maximum atomic E-state index is 12.1. The fourth-order valence-corrected chi connectivity index (χ4v) is 2.61. The Morgan fingerprint density at radius 2 is 2.33 bits per heavy atom. The van der Waals surface area contributed by atoms with E-state index in [0.29, 0.717) is 17.0 Å². The molecule has 1 N–H and O–H groups in total. The van der Waals surface area contributed by atoms with Crippen LogP contribution < -0.4 is 5.32 Å². The van der Waals surface area contributed by atoms with Gasteiger partial charge in [-0.1, -0.05) is 11.6 Å². The second-order valence-corrected chi connectivity index (χ2v) is 5.69. The Kier molecular flexibility index (Phi) is 5.14. The first-order valence-electron chi connectivity index (χ1n) is 6.87. The molecule has 1 amide bonds. The molecule has 1 fully saturated rings. The van der Waals surface area contributed by atoms with Crippen LogP contribution in [0.25, 0.3) is 0 Å². The highest BCUT2D eigenvalue weighted by Gasteiger charge is 2.21. The van der Waals surface area contributed by atoms with Crippen molar-refractivity contribution in [2.45, 2.75) is 31.8 Å². The number of nitrogens with zero attached hydrogens (tertiary/aromatic N) is 2. The summed E-state index contributed by atoms with van der Waals surface area (Å²) < 4.78 is 0. The summed E-state index contributed by atoms with van der Waals surface area (Å²) in [7, 11) is 1.69. The molecule has 1 aliphatic heterocycles. The smallest absolute Gasteiger partial charge is 0.269 e. The van der Waals surface area contributed by atoms with Crippen molar-refractivity contribution in [1.29, 1.82) is 0 Å². The number of nitro benzene ring substituents is 1. The first-order chi connectivity index (χ1) is 9.97. The van der Waals surface area contributed by atoms with Crippen molar-refractivity contribution in [2.24, 2.45) is 0 Å². The molecule has 0 aliphatic carbocycles. The topological polar surface area (TPSA) is 75.5 Å². The lowest BCUT2D eigenvalue weighted by molar-refractivity contribution is -0.384. The minimum atomic E-state index is -0.468. The number of non-ortho nitro benzene ring substituents is 1. The Labute approximate surface area is 128 Å². The van der Waals surface area contributed by atoms with Gasteiger partial charge >= 0.3 is 0 Å². The third kappa shape index (κ3) is 4.15. The Morgan fingerprint density at radius 3 is 2.95 bits per heavy atom. The summed E-state index contributed by atoms with van der Waals surface area (Å²) in [6.45, 7) is 1.23. The zero-order valence-corrected chi connectivity index (χ0v) is 12.6. The van der Waals surface area contributed by atoms with Gasteiger partial charge in [0.1, 0.15) is 0 Å². The molecule has 0 aromatic heterocycles. The van der Waals surface area contributed by atoms with Crippen molar-refractivity contribution < 1.29 is 9.72 Å². The minimum Gasteiger partial charge on any atom is -0.341 e. The predicted octanol–water partition coefficient (Wildman–Crippen LogP) is 2.35. The number of nitro groups is 1. The Balaban J connectivity index is 2.00. The first-order valence-corrected chi connectivity index (χ1v) is 7.25. The summed E-state index contributed by atoms with van der Waals surface area (Å²) in [6, 6.07) is 4.50. The van der Waals surface area contributed by atoms with Crippen LogP contribution in [0.4, 0.5) is 5.69 Å². The number of carbonyl (C=O) groups excluding carboxylic acids is 1. The van der Waals surface area contributed by atoms with Crippen LogP contribution in [0.1, 0.15) is 24.8 Å². The van der Waals surface area contributed by atoms with E-state index in [0.717, 1.165) is 19.4 Å². The van der Waals surface area contributed by atoms with E-state index < -0.39 is 4.92 Å². The molecule has 1 aromatic carbocycles. The quantitative estimate of drug-likeness (QED) is 0.669. The van der Waals surface area contributed by atoms with Crippen molar-refractivity contribution in [3.63, 3.8) is 0 Å². The fourth-order valence-electron chi connectivity index (χ4n) is 2.44. The summed E-state index contributed by atoms with van der Waals surface area (Å²) in [5, 5.41) is 14.5. The Bertz CT molecular complexity index is 544. The number of rotatable bonds is 5. The van der Waals surface area contributed by atoms with Crippen LogP contribution in [0, 0.1) is 10.1 Å². The SMILES string of the molecule is CN(Cc1cc([N+](=O)[O-])ccc1Cl)C(=O)CC1CCCN1. The molecule has 6 nitrogen and oxygen atoms in total. The van der Waals surface area contributed by atoms with Crippen molar-refractivity contribution in [1.82, 2.24) is 10.2 Å². The molecule has 1 atom stereocenters. The zero-order valence-electron chi connectivity index (χ0n) is 11.8. The molecule has 114 valence electrons. The number of amides is 1. The van der Waals surface area contributed by atoms with Crippen LogP contribution >= 0.6 is 11.6 Å². The van der Waals surface area contributed by atoms with Gasteiger partial charge in [0.05, 0.1) is 4.92 Å². The van der Waals surface area contributed by atoms with Crippen LogP contribution in [-0.2, 0) is 11.3 Å². The van der Waals surface area contributed by atoms with Gasteiger partial charge in [0.25, 0.3) is 5.69 Å². The van der Waals surface area contributed by atoms with Gasteiger partial charge < -0.3 is 10.2 Å². The van der Waals surface area contributed by atoms with Crippen molar-refractivity contribution in [3.05, 3.63) is 38.9 Å². The van der Waals surface area contributed by atoms with Gasteiger partial charge in [-0.05, 0) is 31.0 Å². The summed E-state index contributed by atoms with van der Waals surface area (Å²) in [5.41, 5.74) is 0.564. The molecular weight excluding hydrogens is 294 g/mol. The molecule has 1 unspecified atom stereocenters. The zero-order chi connectivity index (χ0) is 15.4. The van der Waals surface area contributed by atoms with Gasteiger partial charge in [-0.2, -0.15) is 0 Å². The van der Waals surface area contributed by atoms with E-state index in [2.05, 4.69) is 5.32 Å². The third-order valence-electron chi connectivity index (χ3n) is 3.66. The summed E-state index contributed by atoms with van der Waals surface area (Å²) in [5.74, 6) is 0.0111. The fraction of sp³-hybridized carbons (Fsp3) is 0.500. The maximum absolute atomic E-state index is 12.1. The predicted molar refractivity (Wildman–Crippen MR) is 80.2 cm³/mol.